The normalized spacial score (nSPS) is 10.9. The van der Waals surface area contributed by atoms with E-state index < -0.39 is 5.91 Å². The molecule has 0 aliphatic rings. The van der Waals surface area contributed by atoms with Crippen LogP contribution in [0.25, 0.3) is 0 Å². The molecule has 6 nitrogen and oxygen atoms in total. The molecule has 0 atom stereocenters. The van der Waals surface area contributed by atoms with Gasteiger partial charge in [0, 0.05) is 24.8 Å². The van der Waals surface area contributed by atoms with E-state index in [1.807, 2.05) is 32.3 Å². The lowest BCUT2D eigenvalue weighted by Crippen LogP contribution is -2.12. The number of aryl methyl sites for hydroxylation is 1. The number of carbonyl (C=O) groups excluding carboxylic acids is 1. The molecule has 5 N–H and O–H groups in total. The molecule has 0 aromatic heterocycles. The largest absolute Gasteiger partial charge is 0.507 e. The van der Waals surface area contributed by atoms with E-state index in [-0.39, 0.29) is 11.3 Å². The lowest BCUT2D eigenvalue weighted by molar-refractivity contribution is 0.0997. The maximum atomic E-state index is 11.8. The van der Waals surface area contributed by atoms with Crippen LogP contribution in [0.15, 0.2) is 65.6 Å². The van der Waals surface area contributed by atoms with E-state index >= 15 is 0 Å². The van der Waals surface area contributed by atoms with Crippen LogP contribution in [-0.2, 0) is 19.5 Å². The molecule has 0 aliphatic carbocycles. The zero-order valence-electron chi connectivity index (χ0n) is 18.7. The van der Waals surface area contributed by atoms with E-state index in [4.69, 9.17) is 5.73 Å². The zero-order chi connectivity index (χ0) is 23.1. The maximum Gasteiger partial charge on any atom is 0.252 e. The highest BCUT2D eigenvalue weighted by molar-refractivity contribution is 8.00. The van der Waals surface area contributed by atoms with Gasteiger partial charge in [0.1, 0.15) is 5.75 Å². The molecule has 3 aromatic carbocycles. The number of nitrogens with zero attached hydrogens (tertiary/aromatic N) is 1. The summed E-state index contributed by atoms with van der Waals surface area (Å²) in [6.07, 6.45) is 0.949. The third-order valence-electron chi connectivity index (χ3n) is 4.95. The van der Waals surface area contributed by atoms with Gasteiger partial charge in [-0.05, 0) is 67.4 Å². The van der Waals surface area contributed by atoms with Gasteiger partial charge in [-0.3, -0.25) is 4.79 Å². The van der Waals surface area contributed by atoms with Crippen LogP contribution < -0.4 is 15.8 Å². The number of carbonyl (C=O) groups is 1. The van der Waals surface area contributed by atoms with Crippen molar-refractivity contribution in [1.29, 1.82) is 0 Å². The number of nitrogens with two attached hydrogens (primary N) is 1. The van der Waals surface area contributed by atoms with Crippen molar-refractivity contribution in [3.05, 3.63) is 82.9 Å². The van der Waals surface area contributed by atoms with E-state index in [1.54, 1.807) is 12.1 Å². The molecule has 32 heavy (non-hydrogen) atoms. The molecular weight excluding hydrogens is 420 g/mol. The lowest BCUT2D eigenvalue weighted by atomic mass is 10.1. The van der Waals surface area contributed by atoms with Crippen LogP contribution >= 0.6 is 11.9 Å². The van der Waals surface area contributed by atoms with Crippen LogP contribution in [-0.4, -0.2) is 30.0 Å². The maximum absolute atomic E-state index is 11.8. The third-order valence-corrected chi connectivity index (χ3v) is 5.85. The molecule has 0 radical (unpaired) electrons. The molecule has 0 bridgehead atoms. The predicted octanol–water partition coefficient (Wildman–Crippen LogP) is 4.85. The fraction of sp³-hybridized carbons (Fsp3) is 0.240. The molecule has 0 unspecified atom stereocenters. The van der Waals surface area contributed by atoms with Crippen LogP contribution in [0.4, 0.5) is 11.4 Å². The van der Waals surface area contributed by atoms with Gasteiger partial charge in [-0.25, -0.2) is 0 Å². The van der Waals surface area contributed by atoms with Crippen molar-refractivity contribution < 1.29 is 9.90 Å². The van der Waals surface area contributed by atoms with Gasteiger partial charge in [-0.15, -0.1) is 0 Å². The second-order valence-corrected chi connectivity index (χ2v) is 8.75. The van der Waals surface area contributed by atoms with Gasteiger partial charge in [-0.2, -0.15) is 0 Å². The Hall–Kier alpha value is -3.16. The first kappa shape index (κ1) is 23.5. The van der Waals surface area contributed by atoms with E-state index in [2.05, 4.69) is 52.2 Å². The number of amides is 1. The number of benzene rings is 3. The second kappa shape index (κ2) is 10.9. The smallest absolute Gasteiger partial charge is 0.252 e. The summed E-state index contributed by atoms with van der Waals surface area (Å²) in [6, 6.07) is 19.7. The summed E-state index contributed by atoms with van der Waals surface area (Å²) < 4.78 is 3.33. The van der Waals surface area contributed by atoms with Crippen LogP contribution in [0, 0.1) is 0 Å². The summed E-state index contributed by atoms with van der Waals surface area (Å²) in [4.78, 5) is 14.6. The topological polar surface area (TPSA) is 90.6 Å². The zero-order valence-corrected chi connectivity index (χ0v) is 19.5. The van der Waals surface area contributed by atoms with Crippen molar-refractivity contribution in [3.63, 3.8) is 0 Å². The van der Waals surface area contributed by atoms with E-state index in [9.17, 15) is 9.90 Å². The first-order valence-electron chi connectivity index (χ1n) is 10.5. The van der Waals surface area contributed by atoms with E-state index in [0.29, 0.717) is 6.54 Å². The summed E-state index contributed by atoms with van der Waals surface area (Å²) in [5, 5.41) is 13.7. The minimum Gasteiger partial charge on any atom is -0.507 e. The monoisotopic (exact) mass is 450 g/mol. The number of rotatable bonds is 10. The van der Waals surface area contributed by atoms with Gasteiger partial charge in [0.2, 0.25) is 0 Å². The molecule has 0 saturated carbocycles. The highest BCUT2D eigenvalue weighted by atomic mass is 32.2. The Morgan fingerprint density at radius 3 is 2.47 bits per heavy atom. The molecular formula is C25H30N4O2S. The minimum absolute atomic E-state index is 0.0927. The average Bonchev–Trinajstić information content (AvgIpc) is 2.76. The van der Waals surface area contributed by atoms with Gasteiger partial charge < -0.3 is 25.8 Å². The quantitative estimate of drug-likeness (QED) is 0.330. The SMILES string of the molecule is CCc1cccc(NSc2cc(C(N)=O)c(O)cc2NCc2cccc(CN(C)C)c2)c1. The van der Waals surface area contributed by atoms with Crippen molar-refractivity contribution in [3.8, 4) is 5.75 Å². The Morgan fingerprint density at radius 2 is 1.75 bits per heavy atom. The Balaban J connectivity index is 1.81. The lowest BCUT2D eigenvalue weighted by Gasteiger charge is -2.16. The molecule has 1 amide bonds. The molecule has 7 heteroatoms. The summed E-state index contributed by atoms with van der Waals surface area (Å²) in [7, 11) is 4.08. The van der Waals surface area contributed by atoms with Crippen LogP contribution in [0.2, 0.25) is 0 Å². The van der Waals surface area contributed by atoms with E-state index in [1.165, 1.54) is 23.1 Å². The molecule has 3 aromatic rings. The molecule has 0 spiro atoms. The summed E-state index contributed by atoms with van der Waals surface area (Å²) >= 11 is 1.37. The predicted molar refractivity (Wildman–Crippen MR) is 133 cm³/mol. The molecule has 0 fully saturated rings. The first-order chi connectivity index (χ1) is 15.4. The van der Waals surface area contributed by atoms with Gasteiger partial charge in [0.05, 0.1) is 16.1 Å². The Morgan fingerprint density at radius 1 is 1.03 bits per heavy atom. The highest BCUT2D eigenvalue weighted by Crippen LogP contribution is 2.34. The van der Waals surface area contributed by atoms with Gasteiger partial charge in [0.15, 0.2) is 0 Å². The van der Waals surface area contributed by atoms with Crippen molar-refractivity contribution in [2.24, 2.45) is 5.73 Å². The van der Waals surface area contributed by atoms with Crippen molar-refractivity contribution >= 4 is 29.2 Å². The number of phenols is 1. The Bertz CT molecular complexity index is 1090. The fourth-order valence-electron chi connectivity index (χ4n) is 3.36. The molecule has 168 valence electrons. The summed E-state index contributed by atoms with van der Waals surface area (Å²) in [5.74, 6) is -0.807. The first-order valence-corrected chi connectivity index (χ1v) is 11.3. The highest BCUT2D eigenvalue weighted by Gasteiger charge is 2.14. The van der Waals surface area contributed by atoms with Gasteiger partial charge in [-0.1, -0.05) is 43.3 Å². The second-order valence-electron chi connectivity index (χ2n) is 7.90. The van der Waals surface area contributed by atoms with Gasteiger partial charge >= 0.3 is 0 Å². The number of hydrogen-bond acceptors (Lipinski definition) is 6. The van der Waals surface area contributed by atoms with Crippen molar-refractivity contribution in [2.45, 2.75) is 31.3 Å². The number of hydrogen-bond donors (Lipinski definition) is 4. The van der Waals surface area contributed by atoms with Crippen molar-refractivity contribution in [2.75, 3.05) is 24.1 Å². The molecule has 3 rings (SSSR count). The molecule has 0 saturated heterocycles. The minimum atomic E-state index is -0.666. The Kier molecular flexibility index (Phi) is 8.03. The van der Waals surface area contributed by atoms with Crippen LogP contribution in [0.5, 0.6) is 5.75 Å². The average molecular weight is 451 g/mol. The third kappa shape index (κ3) is 6.42. The number of nitrogens with one attached hydrogen (secondary N) is 2. The molecule has 0 heterocycles. The van der Waals surface area contributed by atoms with E-state index in [0.717, 1.165) is 34.8 Å². The van der Waals surface area contributed by atoms with Crippen LogP contribution in [0.1, 0.15) is 34.0 Å². The number of aromatic hydroxyl groups is 1. The molecule has 0 aliphatic heterocycles. The standard InChI is InChI=1S/C25H30N4O2S/c1-4-17-7-6-10-20(12-17)28-32-24-13-21(25(26)31)23(30)14-22(24)27-15-18-8-5-9-19(11-18)16-29(2)3/h5-14,27-28,30H,4,15-16H2,1-3H3,(H2,26,31). The number of primary amides is 1. The van der Waals surface area contributed by atoms with Crippen molar-refractivity contribution in [1.82, 2.24) is 4.90 Å². The fourth-order valence-corrected chi connectivity index (χ4v) is 4.13. The summed E-state index contributed by atoms with van der Waals surface area (Å²) in [5.41, 5.74) is 10.8. The number of anilines is 2. The van der Waals surface area contributed by atoms with Gasteiger partial charge in [0.25, 0.3) is 5.91 Å². The summed E-state index contributed by atoms with van der Waals surface area (Å²) in [6.45, 7) is 3.56. The van der Waals surface area contributed by atoms with Crippen LogP contribution in [0.3, 0.4) is 0 Å². The Labute approximate surface area is 194 Å².